The average Bonchev–Trinajstić information content (AvgIpc) is 3.43. The minimum Gasteiger partial charge on any atom is -0.467 e. The van der Waals surface area contributed by atoms with Crippen molar-refractivity contribution in [1.82, 2.24) is 14.7 Å². The van der Waals surface area contributed by atoms with Crippen LogP contribution in [0.1, 0.15) is 21.7 Å². The largest absolute Gasteiger partial charge is 0.467 e. The van der Waals surface area contributed by atoms with E-state index in [-0.39, 0.29) is 18.4 Å². The molecule has 1 aliphatic rings. The molecular formula is C28H32BrN3O4. The quantitative estimate of drug-likeness (QED) is 0.358. The number of benzene rings is 2. The van der Waals surface area contributed by atoms with Gasteiger partial charge in [0.15, 0.2) is 0 Å². The zero-order valence-corrected chi connectivity index (χ0v) is 21.9. The number of carbonyl (C=O) groups excluding carboxylic acids is 2. The summed E-state index contributed by atoms with van der Waals surface area (Å²) >= 11 is 3.43. The smallest absolute Gasteiger partial charge is 0.254 e. The van der Waals surface area contributed by atoms with Crippen LogP contribution in [0.3, 0.4) is 0 Å². The van der Waals surface area contributed by atoms with Gasteiger partial charge in [0, 0.05) is 42.8 Å². The van der Waals surface area contributed by atoms with E-state index in [1.165, 1.54) is 0 Å². The molecule has 1 aliphatic heterocycles. The second-order valence-corrected chi connectivity index (χ2v) is 9.73. The Kier molecular flexibility index (Phi) is 9.72. The first-order chi connectivity index (χ1) is 17.6. The fourth-order valence-electron chi connectivity index (χ4n) is 4.17. The van der Waals surface area contributed by atoms with Crippen LogP contribution in [-0.4, -0.2) is 79.0 Å². The topological polar surface area (TPSA) is 66.2 Å². The van der Waals surface area contributed by atoms with Gasteiger partial charge in [-0.15, -0.1) is 0 Å². The van der Waals surface area contributed by atoms with Crippen molar-refractivity contribution in [3.63, 3.8) is 0 Å². The van der Waals surface area contributed by atoms with Crippen LogP contribution in [0.25, 0.3) is 0 Å². The van der Waals surface area contributed by atoms with Crippen LogP contribution >= 0.6 is 15.9 Å². The van der Waals surface area contributed by atoms with E-state index >= 15 is 0 Å². The number of amides is 2. The van der Waals surface area contributed by atoms with Gasteiger partial charge in [0.1, 0.15) is 12.3 Å². The monoisotopic (exact) mass is 553 g/mol. The molecule has 2 heterocycles. The van der Waals surface area contributed by atoms with Crippen molar-refractivity contribution in [2.45, 2.75) is 13.0 Å². The molecular weight excluding hydrogens is 522 g/mol. The summed E-state index contributed by atoms with van der Waals surface area (Å²) in [6, 6.07) is 21.0. The molecule has 8 heteroatoms. The predicted molar refractivity (Wildman–Crippen MR) is 142 cm³/mol. The van der Waals surface area contributed by atoms with Crippen LogP contribution in [0.15, 0.2) is 81.9 Å². The fraction of sp³-hybridized carbons (Fsp3) is 0.357. The van der Waals surface area contributed by atoms with Crippen LogP contribution in [0.4, 0.5) is 0 Å². The van der Waals surface area contributed by atoms with Gasteiger partial charge in [-0.3, -0.25) is 14.5 Å². The molecule has 0 spiro atoms. The van der Waals surface area contributed by atoms with E-state index in [4.69, 9.17) is 9.15 Å². The van der Waals surface area contributed by atoms with E-state index in [0.717, 1.165) is 35.3 Å². The van der Waals surface area contributed by atoms with Crippen molar-refractivity contribution in [2.24, 2.45) is 0 Å². The third-order valence-electron chi connectivity index (χ3n) is 6.29. The molecule has 2 aromatic carbocycles. The predicted octanol–water partition coefficient (Wildman–Crippen LogP) is 4.09. The lowest BCUT2D eigenvalue weighted by Crippen LogP contribution is -2.47. The zero-order valence-electron chi connectivity index (χ0n) is 20.4. The first-order valence-electron chi connectivity index (χ1n) is 12.3. The van der Waals surface area contributed by atoms with E-state index in [1.54, 1.807) is 28.2 Å². The normalized spacial score (nSPS) is 13.9. The molecule has 0 atom stereocenters. The van der Waals surface area contributed by atoms with Gasteiger partial charge in [-0.25, -0.2) is 0 Å². The maximum Gasteiger partial charge on any atom is 0.254 e. The lowest BCUT2D eigenvalue weighted by molar-refractivity contribution is -0.132. The van der Waals surface area contributed by atoms with E-state index < -0.39 is 0 Å². The van der Waals surface area contributed by atoms with Gasteiger partial charge in [-0.05, 0) is 48.4 Å². The lowest BCUT2D eigenvalue weighted by Gasteiger charge is -2.31. The molecule has 1 fully saturated rings. The SMILES string of the molecule is O=C(CN(CCN1CCOCC1)C(=O)c1ccc(Br)cc1)N(CCc1ccccc1)Cc1ccco1. The number of hydrogen-bond acceptors (Lipinski definition) is 5. The molecule has 7 nitrogen and oxygen atoms in total. The highest BCUT2D eigenvalue weighted by molar-refractivity contribution is 9.10. The van der Waals surface area contributed by atoms with Gasteiger partial charge < -0.3 is 19.0 Å². The van der Waals surface area contributed by atoms with E-state index in [9.17, 15) is 9.59 Å². The minimum atomic E-state index is -0.148. The summed E-state index contributed by atoms with van der Waals surface area (Å²) in [6.07, 6.45) is 2.34. The summed E-state index contributed by atoms with van der Waals surface area (Å²) in [5.74, 6) is 0.468. The fourth-order valence-corrected chi connectivity index (χ4v) is 4.43. The number of furan rings is 1. The van der Waals surface area contributed by atoms with Crippen LogP contribution in [0, 0.1) is 0 Å². The van der Waals surface area contributed by atoms with E-state index in [1.807, 2.05) is 42.5 Å². The van der Waals surface area contributed by atoms with Gasteiger partial charge in [0.25, 0.3) is 5.91 Å². The van der Waals surface area contributed by atoms with Crippen molar-refractivity contribution in [3.8, 4) is 0 Å². The standard InChI is InChI=1S/C28H32BrN3O4/c29-25-10-8-24(9-11-25)28(34)32(15-14-30-16-19-35-20-17-30)22-27(33)31(21-26-7-4-18-36-26)13-12-23-5-2-1-3-6-23/h1-11,18H,12-17,19-22H2. The molecule has 190 valence electrons. The molecule has 4 rings (SSSR count). The van der Waals surface area contributed by atoms with Crippen molar-refractivity contribution in [2.75, 3.05) is 52.5 Å². The van der Waals surface area contributed by atoms with Crippen molar-refractivity contribution >= 4 is 27.7 Å². The minimum absolute atomic E-state index is 0.00867. The summed E-state index contributed by atoms with van der Waals surface area (Å²) in [4.78, 5) is 32.8. The molecule has 0 bridgehead atoms. The molecule has 3 aromatic rings. The summed E-state index contributed by atoms with van der Waals surface area (Å²) in [5.41, 5.74) is 1.72. The molecule has 0 aliphatic carbocycles. The van der Waals surface area contributed by atoms with Crippen molar-refractivity contribution in [3.05, 3.63) is 94.4 Å². The van der Waals surface area contributed by atoms with Crippen molar-refractivity contribution in [1.29, 1.82) is 0 Å². The van der Waals surface area contributed by atoms with E-state index in [0.29, 0.717) is 45.0 Å². The Bertz CT molecular complexity index is 1080. The highest BCUT2D eigenvalue weighted by Gasteiger charge is 2.24. The second kappa shape index (κ2) is 13.4. The Labute approximate surface area is 220 Å². The Morgan fingerprint density at radius 2 is 1.64 bits per heavy atom. The van der Waals surface area contributed by atoms with E-state index in [2.05, 4.69) is 33.0 Å². The Morgan fingerprint density at radius 3 is 2.33 bits per heavy atom. The Balaban J connectivity index is 1.48. The molecule has 2 amide bonds. The van der Waals surface area contributed by atoms with Crippen LogP contribution < -0.4 is 0 Å². The number of ether oxygens (including phenoxy) is 1. The highest BCUT2D eigenvalue weighted by atomic mass is 79.9. The molecule has 1 aromatic heterocycles. The van der Waals surface area contributed by atoms with Crippen LogP contribution in [-0.2, 0) is 22.5 Å². The maximum absolute atomic E-state index is 13.6. The first kappa shape index (κ1) is 26.1. The van der Waals surface area contributed by atoms with Crippen LogP contribution in [0.5, 0.6) is 0 Å². The molecule has 0 N–H and O–H groups in total. The lowest BCUT2D eigenvalue weighted by atomic mass is 10.1. The third kappa shape index (κ3) is 7.78. The van der Waals surface area contributed by atoms with Gasteiger partial charge in [-0.1, -0.05) is 46.3 Å². The highest BCUT2D eigenvalue weighted by Crippen LogP contribution is 2.14. The summed E-state index contributed by atoms with van der Waals surface area (Å²) in [7, 11) is 0. The summed E-state index contributed by atoms with van der Waals surface area (Å²) < 4.78 is 11.9. The summed E-state index contributed by atoms with van der Waals surface area (Å²) in [5, 5.41) is 0. The van der Waals surface area contributed by atoms with Gasteiger partial charge in [0.2, 0.25) is 5.91 Å². The summed E-state index contributed by atoms with van der Waals surface area (Å²) in [6.45, 7) is 5.11. The molecule has 0 unspecified atom stereocenters. The molecule has 36 heavy (non-hydrogen) atoms. The zero-order chi connectivity index (χ0) is 25.2. The van der Waals surface area contributed by atoms with Gasteiger partial charge in [0.05, 0.1) is 26.0 Å². The third-order valence-corrected chi connectivity index (χ3v) is 6.82. The number of morpholine rings is 1. The number of carbonyl (C=O) groups is 2. The number of halogens is 1. The first-order valence-corrected chi connectivity index (χ1v) is 13.1. The van der Waals surface area contributed by atoms with Crippen LogP contribution in [0.2, 0.25) is 0 Å². The molecule has 0 saturated carbocycles. The Hall–Kier alpha value is -2.94. The second-order valence-electron chi connectivity index (χ2n) is 8.82. The maximum atomic E-state index is 13.6. The number of nitrogens with zero attached hydrogens (tertiary/aromatic N) is 3. The van der Waals surface area contributed by atoms with Gasteiger partial charge in [-0.2, -0.15) is 0 Å². The molecule has 1 saturated heterocycles. The number of rotatable bonds is 11. The van der Waals surface area contributed by atoms with Gasteiger partial charge >= 0.3 is 0 Å². The van der Waals surface area contributed by atoms with Crippen molar-refractivity contribution < 1.29 is 18.7 Å². The molecule has 0 radical (unpaired) electrons. The average molecular weight is 554 g/mol. The number of hydrogen-bond donors (Lipinski definition) is 0. The Morgan fingerprint density at radius 1 is 0.889 bits per heavy atom.